The standard InChI is InChI=1S/Al.Cu.Fe.Mg.H3Si.3H/h;;;;1H3;;;. The average Bonchev–Trinajstić information content (AvgIpc) is 0.918. The fraction of sp³-hybridized carbons (Fsp3) is 0. The number of hydrogen-bond acceptors (Lipinski definition) is 0. The summed E-state index contributed by atoms with van der Waals surface area (Å²) in [5.41, 5.74) is 0. The minimum absolute atomic E-state index is 0. The molecule has 0 aliphatic heterocycles. The van der Waals surface area contributed by atoms with Crippen LogP contribution in [-0.4, -0.2) is 44.6 Å². The molecule has 5 heteroatoms. The van der Waals surface area contributed by atoms with Gasteiger partial charge in [0.1, 0.15) is 0 Å². The summed E-state index contributed by atoms with van der Waals surface area (Å²) in [5.74, 6) is 0. The van der Waals surface area contributed by atoms with Crippen molar-refractivity contribution in [2.45, 2.75) is 0 Å². The number of hydrogen-bond donors (Lipinski definition) is 0. The predicted molar refractivity (Wildman–Crippen MR) is 25.6 cm³/mol. The molecule has 0 N–H and O–H groups in total. The van der Waals surface area contributed by atoms with Gasteiger partial charge in [-0.2, -0.15) is 0 Å². The van der Waals surface area contributed by atoms with Crippen molar-refractivity contribution >= 4 is 44.6 Å². The summed E-state index contributed by atoms with van der Waals surface area (Å²) in [6.45, 7) is 0. The van der Waals surface area contributed by atoms with Crippen molar-refractivity contribution < 1.29 is 31.2 Å². The summed E-state index contributed by atoms with van der Waals surface area (Å²) in [6.07, 6.45) is 0. The first-order chi connectivity index (χ1) is 1.41. The third-order valence-corrected chi connectivity index (χ3v) is 0. The molecule has 0 aromatic carbocycles. The molecule has 0 unspecified atom stereocenters. The van der Waals surface area contributed by atoms with Crippen LogP contribution in [0.15, 0.2) is 0 Å². The Labute approximate surface area is 74.7 Å². The third-order valence-electron chi connectivity index (χ3n) is 0. The fourth-order valence-electron chi connectivity index (χ4n) is 0. The molecule has 0 saturated carbocycles. The van der Waals surface area contributed by atoms with E-state index in [0.717, 1.165) is 0 Å². The second-order valence-corrected chi connectivity index (χ2v) is 9.28. The average molecular weight is 205 g/mol. The van der Waals surface area contributed by atoms with E-state index >= 15 is 0 Å². The Morgan fingerprint density at radius 1 is 1.60 bits per heavy atom. The van der Waals surface area contributed by atoms with Crippen molar-refractivity contribution in [3.63, 3.8) is 0 Å². The monoisotopic (exact) mass is 204 g/mol. The molecule has 0 atom stereocenters. The molecule has 0 spiro atoms. The molecule has 0 saturated heterocycles. The zero-order valence-corrected chi connectivity index (χ0v) is 7.82. The van der Waals surface area contributed by atoms with Crippen LogP contribution in [0.1, 0.15) is 0 Å². The Kier molecular flexibility index (Phi) is 50.1. The summed E-state index contributed by atoms with van der Waals surface area (Å²) in [6, 6.07) is 0. The Bertz CT molecular complexity index is 11.6. The zero-order chi connectivity index (χ0) is 2.71. The molecule has 0 nitrogen and oxygen atoms in total. The topological polar surface area (TPSA) is 0 Å². The molecule has 0 fully saturated rings. The molecule has 0 amide bonds. The van der Waals surface area contributed by atoms with E-state index in [1.807, 2.05) is 0 Å². The van der Waals surface area contributed by atoms with Crippen molar-refractivity contribution in [3.05, 3.63) is 0 Å². The molecule has 5 heavy (non-hydrogen) atoms. The summed E-state index contributed by atoms with van der Waals surface area (Å²) in [7, 11) is 1.40. The fourth-order valence-corrected chi connectivity index (χ4v) is 0. The van der Waals surface area contributed by atoms with Gasteiger partial charge in [0.2, 0.25) is 0 Å². The normalized spacial score (nSPS) is 3.40. The Morgan fingerprint density at radius 2 is 1.60 bits per heavy atom. The Balaban J connectivity index is -0.0000000200. The van der Waals surface area contributed by atoms with Crippen LogP contribution >= 0.6 is 0 Å². The van der Waals surface area contributed by atoms with E-state index in [4.69, 9.17) is 0 Å². The van der Waals surface area contributed by atoms with Gasteiger partial charge in [-0.25, -0.2) is 0 Å². The van der Waals surface area contributed by atoms with E-state index in [1.54, 1.807) is 0 Å². The van der Waals surface area contributed by atoms with Crippen LogP contribution in [0.2, 0.25) is 0 Å². The SMILES string of the molecule is [Cu].[MgH2].[SiH3][AlH][Fe]. The van der Waals surface area contributed by atoms with Crippen LogP contribution in [0.3, 0.4) is 0 Å². The second-order valence-electron chi connectivity index (χ2n) is 0.250. The van der Waals surface area contributed by atoms with Crippen molar-refractivity contribution in [1.29, 1.82) is 0 Å². The van der Waals surface area contributed by atoms with Crippen LogP contribution in [0, 0.1) is 0 Å². The van der Waals surface area contributed by atoms with E-state index in [-0.39, 0.29) is 40.1 Å². The van der Waals surface area contributed by atoms with Gasteiger partial charge in [-0.3, -0.25) is 0 Å². The molecule has 0 aliphatic carbocycles. The van der Waals surface area contributed by atoms with Crippen molar-refractivity contribution in [3.8, 4) is 0 Å². The van der Waals surface area contributed by atoms with Gasteiger partial charge in [0.05, 0.1) is 0 Å². The molecule has 0 bridgehead atoms. The van der Waals surface area contributed by atoms with Gasteiger partial charge in [0.25, 0.3) is 0 Å². The molecule has 1 radical (unpaired) electrons. The van der Waals surface area contributed by atoms with Crippen LogP contribution in [0.5, 0.6) is 0 Å². The third kappa shape index (κ3) is 20.8. The molecular weight excluding hydrogens is 199 g/mol. The van der Waals surface area contributed by atoms with Gasteiger partial charge in [0.15, 0.2) is 0 Å². The first kappa shape index (κ1) is 15.6. The maximum absolute atomic E-state index is 3.69. The first-order valence-corrected chi connectivity index (χ1v) is 9.46. The van der Waals surface area contributed by atoms with Crippen molar-refractivity contribution in [2.24, 2.45) is 0 Å². The summed E-state index contributed by atoms with van der Waals surface area (Å²) < 4.78 is 0. The molecule has 0 aliphatic rings. The van der Waals surface area contributed by atoms with Crippen molar-refractivity contribution in [1.82, 2.24) is 0 Å². The molecule has 0 rings (SSSR count). The quantitative estimate of drug-likeness (QED) is 0.376. The Morgan fingerprint density at radius 3 is 1.60 bits per heavy atom. The number of rotatable bonds is 0. The van der Waals surface area contributed by atoms with E-state index in [9.17, 15) is 0 Å². The maximum atomic E-state index is 3.69. The van der Waals surface area contributed by atoms with Gasteiger partial charge in [-0.15, -0.1) is 0 Å². The van der Waals surface area contributed by atoms with E-state index < -0.39 is 0 Å². The van der Waals surface area contributed by atoms with Gasteiger partial charge in [-0.1, -0.05) is 0 Å². The van der Waals surface area contributed by atoms with E-state index in [0.29, 0.717) is 12.7 Å². The van der Waals surface area contributed by atoms with Crippen LogP contribution in [0.25, 0.3) is 0 Å². The van der Waals surface area contributed by atoms with E-state index in [1.165, 1.54) is 8.80 Å². The van der Waals surface area contributed by atoms with Crippen LogP contribution in [0.4, 0.5) is 0 Å². The summed E-state index contributed by atoms with van der Waals surface area (Å²) >= 11 is 3.99. The summed E-state index contributed by atoms with van der Waals surface area (Å²) in [5, 5.41) is 0. The zero-order valence-electron chi connectivity index (χ0n) is 2.36. The van der Waals surface area contributed by atoms with Gasteiger partial charge in [0, 0.05) is 17.1 Å². The van der Waals surface area contributed by atoms with Crippen LogP contribution in [-0.2, 0) is 31.2 Å². The summed E-state index contributed by atoms with van der Waals surface area (Å²) in [4.78, 5) is 0. The van der Waals surface area contributed by atoms with Gasteiger partial charge in [-0.05, 0) is 0 Å². The Hall–Kier alpha value is 2.55. The minimum atomic E-state index is 0. The molecule has 0 heterocycles. The van der Waals surface area contributed by atoms with Crippen LogP contribution < -0.4 is 0 Å². The molecular formula is H6AlCuFeMgSi. The van der Waals surface area contributed by atoms with Gasteiger partial charge < -0.3 is 0 Å². The van der Waals surface area contributed by atoms with Crippen molar-refractivity contribution in [2.75, 3.05) is 0 Å². The van der Waals surface area contributed by atoms with Gasteiger partial charge >= 0.3 is 58.7 Å². The van der Waals surface area contributed by atoms with E-state index in [2.05, 4.69) is 14.1 Å². The second kappa shape index (κ2) is 16.0. The first-order valence-electron chi connectivity index (χ1n) is 0.957. The predicted octanol–water partition coefficient (Wildman–Crippen LogP) is -2.75. The molecule has 0 aromatic heterocycles. The molecule has 34 valence electrons. The molecule has 0 aromatic rings.